The molecular formula is C27H31BrN6OS. The second-order valence-electron chi connectivity index (χ2n) is 10.2. The van der Waals surface area contributed by atoms with Crippen molar-refractivity contribution in [3.63, 3.8) is 0 Å². The zero-order valence-electron chi connectivity index (χ0n) is 20.8. The summed E-state index contributed by atoms with van der Waals surface area (Å²) in [6, 6.07) is 14.3. The summed E-state index contributed by atoms with van der Waals surface area (Å²) in [5.41, 5.74) is 4.27. The van der Waals surface area contributed by atoms with Crippen LogP contribution in [-0.4, -0.2) is 41.2 Å². The first kappa shape index (κ1) is 25.0. The normalized spacial score (nSPS) is 16.3. The van der Waals surface area contributed by atoms with Gasteiger partial charge in [-0.25, -0.2) is 13.5 Å². The number of hydrogen-bond acceptors (Lipinski definition) is 5. The predicted molar refractivity (Wildman–Crippen MR) is 147 cm³/mol. The molecule has 1 aliphatic rings. The standard InChI is InChI=1S/C27H31BrN6OS/c1-27(2,3)21-6-8-22(9-7-21)36(35)33-13-10-20(11-14-33)24-15-25(30-17-19-5-4-12-29-16-19)34-26(32-24)23(28)18-31-34/h4-9,12,15-16,18,20,30H,10-11,13-14,17H2,1-3H3. The van der Waals surface area contributed by atoms with Gasteiger partial charge in [-0.1, -0.05) is 39.0 Å². The molecule has 9 heteroatoms. The molecule has 0 radical (unpaired) electrons. The molecule has 4 heterocycles. The smallest absolute Gasteiger partial charge is 0.171 e. The number of nitrogens with one attached hydrogen (secondary N) is 1. The zero-order chi connectivity index (χ0) is 25.3. The molecule has 0 aliphatic carbocycles. The van der Waals surface area contributed by atoms with Gasteiger partial charge in [-0.05, 0) is 63.5 Å². The van der Waals surface area contributed by atoms with Crippen LogP contribution in [0.4, 0.5) is 5.82 Å². The predicted octanol–water partition coefficient (Wildman–Crippen LogP) is 5.70. The van der Waals surface area contributed by atoms with Crippen molar-refractivity contribution >= 4 is 38.4 Å². The zero-order valence-corrected chi connectivity index (χ0v) is 23.2. The Morgan fingerprint density at radius 2 is 1.86 bits per heavy atom. The van der Waals surface area contributed by atoms with Crippen LogP contribution in [0.1, 0.15) is 56.4 Å². The van der Waals surface area contributed by atoms with Gasteiger partial charge in [0, 0.05) is 49.7 Å². The number of benzene rings is 1. The van der Waals surface area contributed by atoms with Gasteiger partial charge in [-0.2, -0.15) is 9.61 Å². The molecule has 0 spiro atoms. The van der Waals surface area contributed by atoms with E-state index < -0.39 is 11.0 Å². The average Bonchev–Trinajstić information content (AvgIpc) is 3.28. The monoisotopic (exact) mass is 566 g/mol. The highest BCUT2D eigenvalue weighted by atomic mass is 79.9. The highest BCUT2D eigenvalue weighted by Crippen LogP contribution is 2.32. The summed E-state index contributed by atoms with van der Waals surface area (Å²) in [5, 5.41) is 7.99. The fourth-order valence-corrected chi connectivity index (χ4v) is 6.08. The molecular weight excluding hydrogens is 536 g/mol. The number of nitrogens with zero attached hydrogens (tertiary/aromatic N) is 5. The first-order valence-corrected chi connectivity index (χ1v) is 14.1. The molecule has 5 rings (SSSR count). The molecule has 188 valence electrons. The van der Waals surface area contributed by atoms with Crippen LogP contribution in [0, 0.1) is 0 Å². The Labute approximate surface area is 223 Å². The number of piperidine rings is 1. The lowest BCUT2D eigenvalue weighted by atomic mass is 9.87. The third-order valence-electron chi connectivity index (χ3n) is 6.67. The van der Waals surface area contributed by atoms with E-state index >= 15 is 0 Å². The largest absolute Gasteiger partial charge is 0.366 e. The van der Waals surface area contributed by atoms with Gasteiger partial charge in [0.1, 0.15) is 16.8 Å². The van der Waals surface area contributed by atoms with Crippen LogP contribution in [-0.2, 0) is 22.9 Å². The SMILES string of the molecule is CC(C)(C)c1ccc(S(=O)N2CCC(c3cc(NCc4cccnc4)n4ncc(Br)c4n3)CC2)cc1. The maximum atomic E-state index is 13.3. The first-order chi connectivity index (χ1) is 17.3. The second-order valence-corrected chi connectivity index (χ2v) is 12.6. The van der Waals surface area contributed by atoms with Crippen LogP contribution < -0.4 is 5.32 Å². The fraction of sp³-hybridized carbons (Fsp3) is 0.370. The van der Waals surface area contributed by atoms with E-state index in [1.54, 1.807) is 12.4 Å². The first-order valence-electron chi connectivity index (χ1n) is 12.2. The number of anilines is 1. The molecule has 0 saturated carbocycles. The molecule has 0 bridgehead atoms. The molecule has 7 nitrogen and oxygen atoms in total. The lowest BCUT2D eigenvalue weighted by molar-refractivity contribution is 0.331. The fourth-order valence-electron chi connectivity index (χ4n) is 4.52. The number of hydrogen-bond donors (Lipinski definition) is 1. The van der Waals surface area contributed by atoms with Crippen LogP contribution in [0.5, 0.6) is 0 Å². The molecule has 0 amide bonds. The van der Waals surface area contributed by atoms with Crippen LogP contribution in [0.25, 0.3) is 5.65 Å². The summed E-state index contributed by atoms with van der Waals surface area (Å²) >= 11 is 3.59. The van der Waals surface area contributed by atoms with Crippen LogP contribution in [0.15, 0.2) is 70.4 Å². The van der Waals surface area contributed by atoms with E-state index in [2.05, 4.69) is 74.6 Å². The number of aromatic nitrogens is 4. The van der Waals surface area contributed by atoms with E-state index in [-0.39, 0.29) is 5.41 Å². The lowest BCUT2D eigenvalue weighted by Crippen LogP contribution is -2.34. The summed E-state index contributed by atoms with van der Waals surface area (Å²) in [4.78, 5) is 10.0. The molecule has 1 saturated heterocycles. The van der Waals surface area contributed by atoms with Gasteiger partial charge in [-0.3, -0.25) is 4.98 Å². The number of halogens is 1. The molecule has 1 atom stereocenters. The van der Waals surface area contributed by atoms with Crippen molar-refractivity contribution in [1.29, 1.82) is 0 Å². The van der Waals surface area contributed by atoms with E-state index in [4.69, 9.17) is 4.98 Å². The van der Waals surface area contributed by atoms with E-state index in [0.717, 1.165) is 58.0 Å². The topological polar surface area (TPSA) is 75.4 Å². The number of fused-ring (bicyclic) bond motifs is 1. The summed E-state index contributed by atoms with van der Waals surface area (Å²) in [5.74, 6) is 1.20. The van der Waals surface area contributed by atoms with Gasteiger partial charge in [0.05, 0.1) is 15.6 Å². The second kappa shape index (κ2) is 10.4. The average molecular weight is 568 g/mol. The highest BCUT2D eigenvalue weighted by Gasteiger charge is 2.27. The Balaban J connectivity index is 1.29. The third-order valence-corrected chi connectivity index (χ3v) is 8.74. The Bertz CT molecular complexity index is 1360. The number of rotatable bonds is 6. The van der Waals surface area contributed by atoms with Gasteiger partial charge in [0.25, 0.3) is 0 Å². The van der Waals surface area contributed by atoms with E-state index in [1.807, 2.05) is 35.0 Å². The third kappa shape index (κ3) is 5.38. The lowest BCUT2D eigenvalue weighted by Gasteiger charge is -2.31. The van der Waals surface area contributed by atoms with Crippen molar-refractivity contribution in [3.05, 3.63) is 82.3 Å². The van der Waals surface area contributed by atoms with Crippen LogP contribution >= 0.6 is 15.9 Å². The summed E-state index contributed by atoms with van der Waals surface area (Å²) in [6.07, 6.45) is 7.22. The van der Waals surface area contributed by atoms with E-state index in [9.17, 15) is 4.21 Å². The van der Waals surface area contributed by atoms with Gasteiger partial charge in [-0.15, -0.1) is 0 Å². The van der Waals surface area contributed by atoms with Crippen LogP contribution in [0.3, 0.4) is 0 Å². The van der Waals surface area contributed by atoms with Crippen molar-refractivity contribution in [1.82, 2.24) is 23.9 Å². The quantitative estimate of drug-likeness (QED) is 0.324. The molecule has 1 aromatic carbocycles. The minimum atomic E-state index is -1.15. The summed E-state index contributed by atoms with van der Waals surface area (Å²) < 4.78 is 18.0. The van der Waals surface area contributed by atoms with Gasteiger partial charge >= 0.3 is 0 Å². The van der Waals surface area contributed by atoms with Gasteiger partial charge < -0.3 is 5.32 Å². The minimum Gasteiger partial charge on any atom is -0.366 e. The molecule has 1 fully saturated rings. The van der Waals surface area contributed by atoms with Gasteiger partial charge in [0.2, 0.25) is 0 Å². The van der Waals surface area contributed by atoms with E-state index in [1.165, 1.54) is 5.56 Å². The Hall–Kier alpha value is -2.62. The van der Waals surface area contributed by atoms with E-state index in [0.29, 0.717) is 12.5 Å². The Kier molecular flexibility index (Phi) is 7.23. The van der Waals surface area contributed by atoms with Crippen LogP contribution in [0.2, 0.25) is 0 Å². The van der Waals surface area contributed by atoms with Crippen molar-refractivity contribution in [3.8, 4) is 0 Å². The maximum Gasteiger partial charge on any atom is 0.171 e. The molecule has 1 N–H and O–H groups in total. The van der Waals surface area contributed by atoms with Crippen molar-refractivity contribution < 1.29 is 4.21 Å². The molecule has 1 aliphatic heterocycles. The number of pyridine rings is 1. The molecule has 36 heavy (non-hydrogen) atoms. The van der Waals surface area contributed by atoms with Gasteiger partial charge in [0.15, 0.2) is 5.65 Å². The van der Waals surface area contributed by atoms with Crippen molar-refractivity contribution in [2.45, 2.75) is 56.4 Å². The molecule has 4 aromatic rings. The Morgan fingerprint density at radius 1 is 1.11 bits per heavy atom. The minimum absolute atomic E-state index is 0.0860. The molecule has 3 aromatic heterocycles. The maximum absolute atomic E-state index is 13.3. The highest BCUT2D eigenvalue weighted by molar-refractivity contribution is 9.10. The molecule has 1 unspecified atom stereocenters. The summed E-state index contributed by atoms with van der Waals surface area (Å²) in [6.45, 7) is 8.76. The van der Waals surface area contributed by atoms with Crippen molar-refractivity contribution in [2.75, 3.05) is 18.4 Å². The summed E-state index contributed by atoms with van der Waals surface area (Å²) in [7, 11) is -1.15. The van der Waals surface area contributed by atoms with Crippen molar-refractivity contribution in [2.24, 2.45) is 0 Å². The Morgan fingerprint density at radius 3 is 2.53 bits per heavy atom.